The van der Waals surface area contributed by atoms with Gasteiger partial charge in [-0.2, -0.15) is 0 Å². The van der Waals surface area contributed by atoms with Crippen molar-refractivity contribution >= 4 is 23.2 Å². The highest BCUT2D eigenvalue weighted by molar-refractivity contribution is 5.98. The molecule has 0 saturated heterocycles. The number of para-hydroxylation sites is 1. The fourth-order valence-corrected chi connectivity index (χ4v) is 2.72. The molecular weight excluding hydrogens is 320 g/mol. The van der Waals surface area contributed by atoms with E-state index in [0.29, 0.717) is 17.1 Å². The van der Waals surface area contributed by atoms with E-state index in [2.05, 4.69) is 5.32 Å². The number of hydrogen-bond acceptors (Lipinski definition) is 4. The summed E-state index contributed by atoms with van der Waals surface area (Å²) >= 11 is 0. The Bertz CT molecular complexity index is 812. The third kappa shape index (κ3) is 3.57. The maximum atomic E-state index is 12.2. The second kappa shape index (κ2) is 6.84. The van der Waals surface area contributed by atoms with Crippen LogP contribution in [0.3, 0.4) is 0 Å². The zero-order valence-corrected chi connectivity index (χ0v) is 14.5. The number of ether oxygens (including phenoxy) is 2. The normalized spacial score (nSPS) is 13.1. The van der Waals surface area contributed by atoms with Crippen molar-refractivity contribution in [2.75, 3.05) is 30.5 Å². The highest BCUT2D eigenvalue weighted by Crippen LogP contribution is 2.33. The summed E-state index contributed by atoms with van der Waals surface area (Å²) in [6, 6.07) is 11.0. The number of carbonyl (C=O) groups excluding carboxylic acids is 2. The smallest absolute Gasteiger partial charge is 0.264 e. The van der Waals surface area contributed by atoms with Crippen LogP contribution in [0, 0.1) is 13.8 Å². The molecule has 3 rings (SSSR count). The van der Waals surface area contributed by atoms with E-state index in [1.165, 1.54) is 4.90 Å². The average Bonchev–Trinajstić information content (AvgIpc) is 2.58. The number of rotatable bonds is 4. The third-order valence-corrected chi connectivity index (χ3v) is 4.09. The number of nitrogens with one attached hydrogen (secondary N) is 1. The minimum Gasteiger partial charge on any atom is -0.483 e. The highest BCUT2D eigenvalue weighted by Gasteiger charge is 2.22. The maximum Gasteiger partial charge on any atom is 0.264 e. The van der Waals surface area contributed by atoms with Crippen molar-refractivity contribution in [1.82, 2.24) is 0 Å². The zero-order valence-electron chi connectivity index (χ0n) is 14.5. The molecule has 25 heavy (non-hydrogen) atoms. The van der Waals surface area contributed by atoms with Crippen molar-refractivity contribution in [1.29, 1.82) is 0 Å². The molecule has 0 bridgehead atoms. The summed E-state index contributed by atoms with van der Waals surface area (Å²) < 4.78 is 11.1. The Kier molecular flexibility index (Phi) is 4.61. The average molecular weight is 340 g/mol. The SMILES string of the molecule is Cc1cccc(C)c1OCC(=O)Nc1ccc2c(c1)OCC(=O)N2C. The number of benzene rings is 2. The molecule has 0 saturated carbocycles. The minimum absolute atomic E-state index is 0.00340. The first-order valence-corrected chi connectivity index (χ1v) is 7.98. The van der Waals surface area contributed by atoms with Crippen LogP contribution in [0.15, 0.2) is 36.4 Å². The van der Waals surface area contributed by atoms with Crippen molar-refractivity contribution in [3.05, 3.63) is 47.5 Å². The van der Waals surface area contributed by atoms with E-state index in [1.54, 1.807) is 25.2 Å². The lowest BCUT2D eigenvalue weighted by Gasteiger charge is -2.26. The number of aryl methyl sites for hydroxylation is 2. The molecule has 2 amide bonds. The monoisotopic (exact) mass is 340 g/mol. The van der Waals surface area contributed by atoms with E-state index in [9.17, 15) is 9.59 Å². The van der Waals surface area contributed by atoms with Gasteiger partial charge in [0.1, 0.15) is 11.5 Å². The van der Waals surface area contributed by atoms with Crippen LogP contribution in [0.5, 0.6) is 11.5 Å². The zero-order chi connectivity index (χ0) is 18.0. The number of carbonyl (C=O) groups is 2. The number of likely N-dealkylation sites (N-methyl/N-ethyl adjacent to an activating group) is 1. The fraction of sp³-hybridized carbons (Fsp3) is 0.263. The van der Waals surface area contributed by atoms with Crippen LogP contribution in [-0.4, -0.2) is 32.1 Å². The molecule has 0 spiro atoms. The van der Waals surface area contributed by atoms with Gasteiger partial charge in [-0.15, -0.1) is 0 Å². The second-order valence-corrected chi connectivity index (χ2v) is 5.98. The fourth-order valence-electron chi connectivity index (χ4n) is 2.72. The third-order valence-electron chi connectivity index (χ3n) is 4.09. The van der Waals surface area contributed by atoms with Crippen molar-refractivity contribution in [2.24, 2.45) is 0 Å². The van der Waals surface area contributed by atoms with Crippen molar-refractivity contribution in [3.8, 4) is 11.5 Å². The molecule has 2 aromatic carbocycles. The van der Waals surface area contributed by atoms with Gasteiger partial charge in [0.05, 0.1) is 5.69 Å². The van der Waals surface area contributed by atoms with E-state index in [4.69, 9.17) is 9.47 Å². The first kappa shape index (κ1) is 16.8. The molecule has 6 nitrogen and oxygen atoms in total. The van der Waals surface area contributed by atoms with Crippen LogP contribution in [-0.2, 0) is 9.59 Å². The Morgan fingerprint density at radius 2 is 1.96 bits per heavy atom. The predicted octanol–water partition coefficient (Wildman–Crippen LogP) is 2.68. The van der Waals surface area contributed by atoms with Crippen LogP contribution in [0.4, 0.5) is 11.4 Å². The van der Waals surface area contributed by atoms with Gasteiger partial charge in [-0.05, 0) is 37.1 Å². The Balaban J connectivity index is 1.65. The largest absolute Gasteiger partial charge is 0.483 e. The van der Waals surface area contributed by atoms with Crippen molar-refractivity contribution in [3.63, 3.8) is 0 Å². The van der Waals surface area contributed by atoms with Gasteiger partial charge in [0.25, 0.3) is 11.8 Å². The number of hydrogen-bond donors (Lipinski definition) is 1. The molecule has 0 atom stereocenters. The molecule has 6 heteroatoms. The maximum absolute atomic E-state index is 12.2. The molecule has 0 aliphatic carbocycles. The lowest BCUT2D eigenvalue weighted by atomic mass is 10.1. The summed E-state index contributed by atoms with van der Waals surface area (Å²) in [5.74, 6) is 0.927. The van der Waals surface area contributed by atoms with Crippen molar-refractivity contribution in [2.45, 2.75) is 13.8 Å². The number of nitrogens with zero attached hydrogens (tertiary/aromatic N) is 1. The van der Waals surface area contributed by atoms with Gasteiger partial charge in [-0.1, -0.05) is 18.2 Å². The summed E-state index contributed by atoms with van der Waals surface area (Å²) in [6.07, 6.45) is 0. The first-order valence-electron chi connectivity index (χ1n) is 7.98. The summed E-state index contributed by atoms with van der Waals surface area (Å²) in [5.41, 5.74) is 3.25. The molecule has 0 fully saturated rings. The topological polar surface area (TPSA) is 67.9 Å². The van der Waals surface area contributed by atoms with E-state index in [1.807, 2.05) is 32.0 Å². The van der Waals surface area contributed by atoms with Gasteiger partial charge in [-0.3, -0.25) is 9.59 Å². The van der Waals surface area contributed by atoms with Gasteiger partial charge in [0, 0.05) is 18.8 Å². The molecular formula is C19H20N2O4. The Hall–Kier alpha value is -3.02. The Morgan fingerprint density at radius 1 is 1.24 bits per heavy atom. The Morgan fingerprint density at radius 3 is 2.68 bits per heavy atom. The number of anilines is 2. The van der Waals surface area contributed by atoms with Gasteiger partial charge >= 0.3 is 0 Å². The molecule has 1 N–H and O–H groups in total. The van der Waals surface area contributed by atoms with Gasteiger partial charge < -0.3 is 19.7 Å². The molecule has 1 heterocycles. The second-order valence-electron chi connectivity index (χ2n) is 5.98. The molecule has 0 aromatic heterocycles. The standard InChI is InChI=1S/C19H20N2O4/c1-12-5-4-6-13(2)19(12)25-10-17(22)20-14-7-8-15-16(9-14)24-11-18(23)21(15)3/h4-9H,10-11H2,1-3H3,(H,20,22). The summed E-state index contributed by atoms with van der Waals surface area (Å²) in [6.45, 7) is 3.80. The first-order chi connectivity index (χ1) is 12.0. The van der Waals surface area contributed by atoms with E-state index in [-0.39, 0.29) is 25.0 Å². The summed E-state index contributed by atoms with van der Waals surface area (Å²) in [7, 11) is 1.69. The highest BCUT2D eigenvalue weighted by atomic mass is 16.5. The number of fused-ring (bicyclic) bond motifs is 1. The van der Waals surface area contributed by atoms with Gasteiger partial charge in [0.15, 0.2) is 13.2 Å². The number of amides is 2. The van der Waals surface area contributed by atoms with Crippen LogP contribution < -0.4 is 19.7 Å². The predicted molar refractivity (Wildman–Crippen MR) is 95.4 cm³/mol. The van der Waals surface area contributed by atoms with E-state index < -0.39 is 0 Å². The molecule has 0 radical (unpaired) electrons. The lowest BCUT2D eigenvalue weighted by molar-refractivity contribution is -0.121. The van der Waals surface area contributed by atoms with Crippen molar-refractivity contribution < 1.29 is 19.1 Å². The lowest BCUT2D eigenvalue weighted by Crippen LogP contribution is -2.35. The summed E-state index contributed by atoms with van der Waals surface area (Å²) in [5, 5.41) is 2.78. The molecule has 1 aliphatic rings. The van der Waals surface area contributed by atoms with E-state index >= 15 is 0 Å². The Labute approximate surface area is 146 Å². The quantitative estimate of drug-likeness (QED) is 0.929. The van der Waals surface area contributed by atoms with Gasteiger partial charge in [-0.25, -0.2) is 0 Å². The van der Waals surface area contributed by atoms with Crippen LogP contribution in [0.25, 0.3) is 0 Å². The van der Waals surface area contributed by atoms with Crippen LogP contribution >= 0.6 is 0 Å². The van der Waals surface area contributed by atoms with E-state index in [0.717, 1.165) is 16.9 Å². The van der Waals surface area contributed by atoms with Crippen LogP contribution in [0.2, 0.25) is 0 Å². The summed E-state index contributed by atoms with van der Waals surface area (Å²) in [4.78, 5) is 25.3. The minimum atomic E-state index is -0.261. The molecule has 2 aromatic rings. The van der Waals surface area contributed by atoms with Crippen LogP contribution in [0.1, 0.15) is 11.1 Å². The van der Waals surface area contributed by atoms with Gasteiger partial charge in [0.2, 0.25) is 0 Å². The molecule has 1 aliphatic heterocycles. The molecule has 0 unspecified atom stereocenters. The molecule has 130 valence electrons.